The van der Waals surface area contributed by atoms with E-state index in [2.05, 4.69) is 6.92 Å². The van der Waals surface area contributed by atoms with Crippen molar-refractivity contribution in [2.45, 2.75) is 26.3 Å². The normalized spacial score (nSPS) is 10.5. The van der Waals surface area contributed by atoms with E-state index in [9.17, 15) is 14.7 Å². The van der Waals surface area contributed by atoms with Crippen LogP contribution in [0.15, 0.2) is 78.9 Å². The molecule has 3 aromatic rings. The number of aromatic carboxylic acids is 1. The molecule has 148 valence electrons. The summed E-state index contributed by atoms with van der Waals surface area (Å²) >= 11 is 0. The topological polar surface area (TPSA) is 57.6 Å². The second-order valence-electron chi connectivity index (χ2n) is 6.99. The number of amides is 1. The van der Waals surface area contributed by atoms with Crippen molar-refractivity contribution in [3.8, 4) is 11.1 Å². The molecule has 0 spiro atoms. The number of hydrogen-bond donors (Lipinski definition) is 1. The molecule has 4 heteroatoms. The summed E-state index contributed by atoms with van der Waals surface area (Å²) in [6.07, 6.45) is 1.96. The van der Waals surface area contributed by atoms with Gasteiger partial charge in [-0.1, -0.05) is 74.0 Å². The smallest absolute Gasteiger partial charge is 0.336 e. The first kappa shape index (κ1) is 20.3. The van der Waals surface area contributed by atoms with Gasteiger partial charge in [-0.15, -0.1) is 0 Å². The number of carbonyl (C=O) groups excluding carboxylic acids is 1. The highest BCUT2D eigenvalue weighted by molar-refractivity contribution is 5.96. The van der Waals surface area contributed by atoms with Gasteiger partial charge in [-0.25, -0.2) is 4.79 Å². The van der Waals surface area contributed by atoms with Crippen LogP contribution < -0.4 is 0 Å². The van der Waals surface area contributed by atoms with Crippen molar-refractivity contribution < 1.29 is 14.7 Å². The van der Waals surface area contributed by atoms with E-state index in [0.29, 0.717) is 24.2 Å². The Morgan fingerprint density at radius 1 is 0.862 bits per heavy atom. The third kappa shape index (κ3) is 5.11. The number of carboxylic acids is 1. The van der Waals surface area contributed by atoms with Crippen molar-refractivity contribution in [1.29, 1.82) is 0 Å². The number of rotatable bonds is 8. The standard InChI is InChI=1S/C25H25NO3/c1-2-3-17-26(24(27)21-9-5-4-6-10-21)18-19-13-15-20(16-14-19)22-11-7-8-12-23(22)25(28)29/h4-16H,2-3,17-18H2,1H3,(H,28,29). The third-order valence-corrected chi connectivity index (χ3v) is 4.89. The molecule has 3 aromatic carbocycles. The average Bonchev–Trinajstić information content (AvgIpc) is 2.77. The van der Waals surface area contributed by atoms with E-state index in [1.165, 1.54) is 0 Å². The van der Waals surface area contributed by atoms with Gasteiger partial charge in [-0.3, -0.25) is 4.79 Å². The number of unbranched alkanes of at least 4 members (excludes halogenated alkanes) is 1. The molecule has 0 radical (unpaired) electrons. The van der Waals surface area contributed by atoms with Gasteiger partial charge >= 0.3 is 5.97 Å². The van der Waals surface area contributed by atoms with Gasteiger partial charge in [0.05, 0.1) is 5.56 Å². The van der Waals surface area contributed by atoms with Crippen LogP contribution in [0.3, 0.4) is 0 Å². The van der Waals surface area contributed by atoms with E-state index in [-0.39, 0.29) is 11.5 Å². The molecule has 0 aromatic heterocycles. The van der Waals surface area contributed by atoms with Crippen LogP contribution in [0.1, 0.15) is 46.0 Å². The Labute approximate surface area is 171 Å². The van der Waals surface area contributed by atoms with Gasteiger partial charge in [0.1, 0.15) is 0 Å². The Balaban J connectivity index is 1.81. The van der Waals surface area contributed by atoms with E-state index in [4.69, 9.17) is 0 Å². The predicted octanol–water partition coefficient (Wildman–Crippen LogP) is 5.49. The zero-order valence-corrected chi connectivity index (χ0v) is 16.5. The number of hydrogen-bond acceptors (Lipinski definition) is 2. The van der Waals surface area contributed by atoms with Crippen LogP contribution in [0.25, 0.3) is 11.1 Å². The molecule has 0 unspecified atom stereocenters. The minimum atomic E-state index is -0.941. The van der Waals surface area contributed by atoms with Gasteiger partial charge < -0.3 is 10.0 Å². The van der Waals surface area contributed by atoms with Gasteiger partial charge in [0.25, 0.3) is 5.91 Å². The monoisotopic (exact) mass is 387 g/mol. The average molecular weight is 387 g/mol. The maximum absolute atomic E-state index is 12.9. The summed E-state index contributed by atoms with van der Waals surface area (Å²) in [4.78, 5) is 26.3. The zero-order valence-electron chi connectivity index (χ0n) is 16.5. The van der Waals surface area contributed by atoms with E-state index in [1.54, 1.807) is 12.1 Å². The fraction of sp³-hybridized carbons (Fsp3) is 0.200. The quantitative estimate of drug-likeness (QED) is 0.556. The minimum Gasteiger partial charge on any atom is -0.478 e. The molecular formula is C25H25NO3. The van der Waals surface area contributed by atoms with E-state index < -0.39 is 5.97 Å². The van der Waals surface area contributed by atoms with Crippen LogP contribution in [0.5, 0.6) is 0 Å². The molecule has 0 saturated carbocycles. The third-order valence-electron chi connectivity index (χ3n) is 4.89. The van der Waals surface area contributed by atoms with Gasteiger partial charge in [0.15, 0.2) is 0 Å². The first-order valence-corrected chi connectivity index (χ1v) is 9.86. The van der Waals surface area contributed by atoms with E-state index in [0.717, 1.165) is 24.0 Å². The second-order valence-corrected chi connectivity index (χ2v) is 6.99. The number of nitrogens with zero attached hydrogens (tertiary/aromatic N) is 1. The molecule has 0 atom stereocenters. The number of carbonyl (C=O) groups is 2. The van der Waals surface area contributed by atoms with Crippen LogP contribution in [0.4, 0.5) is 0 Å². The molecule has 0 saturated heterocycles. The van der Waals surface area contributed by atoms with Crippen LogP contribution in [0.2, 0.25) is 0 Å². The molecule has 3 rings (SSSR count). The Morgan fingerprint density at radius 2 is 1.52 bits per heavy atom. The SMILES string of the molecule is CCCCN(Cc1ccc(-c2ccccc2C(=O)O)cc1)C(=O)c1ccccc1. The summed E-state index contributed by atoms with van der Waals surface area (Å²) in [5.41, 5.74) is 3.53. The highest BCUT2D eigenvalue weighted by atomic mass is 16.4. The minimum absolute atomic E-state index is 0.0272. The van der Waals surface area contributed by atoms with Gasteiger partial charge in [-0.05, 0) is 41.3 Å². The van der Waals surface area contributed by atoms with Crippen molar-refractivity contribution >= 4 is 11.9 Å². The van der Waals surface area contributed by atoms with Gasteiger partial charge in [0, 0.05) is 18.7 Å². The summed E-state index contributed by atoms with van der Waals surface area (Å²) in [5, 5.41) is 9.41. The van der Waals surface area contributed by atoms with Crippen LogP contribution in [0, 0.1) is 0 Å². The fourth-order valence-electron chi connectivity index (χ4n) is 3.30. The fourth-order valence-corrected chi connectivity index (χ4v) is 3.30. The first-order valence-electron chi connectivity index (χ1n) is 9.86. The van der Waals surface area contributed by atoms with Crippen molar-refractivity contribution in [2.24, 2.45) is 0 Å². The summed E-state index contributed by atoms with van der Waals surface area (Å²) in [6, 6.07) is 24.1. The van der Waals surface area contributed by atoms with E-state index in [1.807, 2.05) is 71.6 Å². The summed E-state index contributed by atoms with van der Waals surface area (Å²) < 4.78 is 0. The molecule has 0 bridgehead atoms. The Kier molecular flexibility index (Phi) is 6.80. The molecule has 4 nitrogen and oxygen atoms in total. The molecule has 1 amide bonds. The van der Waals surface area contributed by atoms with Gasteiger partial charge in [-0.2, -0.15) is 0 Å². The van der Waals surface area contributed by atoms with Crippen molar-refractivity contribution in [1.82, 2.24) is 4.90 Å². The van der Waals surface area contributed by atoms with Gasteiger partial charge in [0.2, 0.25) is 0 Å². The maximum Gasteiger partial charge on any atom is 0.336 e. The molecule has 0 aliphatic carbocycles. The lowest BCUT2D eigenvalue weighted by molar-refractivity contribution is 0.0696. The van der Waals surface area contributed by atoms with Crippen molar-refractivity contribution in [2.75, 3.05) is 6.54 Å². The highest BCUT2D eigenvalue weighted by Crippen LogP contribution is 2.24. The van der Waals surface area contributed by atoms with Crippen molar-refractivity contribution in [3.05, 3.63) is 95.6 Å². The Hall–Kier alpha value is -3.40. The molecule has 0 aliphatic heterocycles. The first-order chi connectivity index (χ1) is 14.1. The lowest BCUT2D eigenvalue weighted by atomic mass is 9.98. The van der Waals surface area contributed by atoms with Crippen LogP contribution in [-0.2, 0) is 6.54 Å². The van der Waals surface area contributed by atoms with E-state index >= 15 is 0 Å². The summed E-state index contributed by atoms with van der Waals surface area (Å²) in [6.45, 7) is 3.34. The number of benzene rings is 3. The molecular weight excluding hydrogens is 362 g/mol. The van der Waals surface area contributed by atoms with Crippen molar-refractivity contribution in [3.63, 3.8) is 0 Å². The molecule has 0 heterocycles. The molecule has 1 N–H and O–H groups in total. The second kappa shape index (κ2) is 9.69. The lowest BCUT2D eigenvalue weighted by Crippen LogP contribution is -2.31. The maximum atomic E-state index is 12.9. The lowest BCUT2D eigenvalue weighted by Gasteiger charge is -2.23. The molecule has 0 aliphatic rings. The largest absolute Gasteiger partial charge is 0.478 e. The summed E-state index contributed by atoms with van der Waals surface area (Å²) in [5.74, 6) is -0.914. The molecule has 0 fully saturated rings. The number of carboxylic acid groups (broad SMARTS) is 1. The predicted molar refractivity (Wildman–Crippen MR) is 115 cm³/mol. The van der Waals surface area contributed by atoms with Crippen LogP contribution in [-0.4, -0.2) is 28.4 Å². The Bertz CT molecular complexity index is 965. The summed E-state index contributed by atoms with van der Waals surface area (Å²) in [7, 11) is 0. The van der Waals surface area contributed by atoms with Crippen LogP contribution >= 0.6 is 0 Å². The zero-order chi connectivity index (χ0) is 20.6. The molecule has 29 heavy (non-hydrogen) atoms. The Morgan fingerprint density at radius 3 is 2.17 bits per heavy atom. The highest BCUT2D eigenvalue weighted by Gasteiger charge is 2.16.